The van der Waals surface area contributed by atoms with Gasteiger partial charge in [-0.25, -0.2) is 4.98 Å². The van der Waals surface area contributed by atoms with Crippen molar-refractivity contribution in [2.75, 3.05) is 18.6 Å². The van der Waals surface area contributed by atoms with Gasteiger partial charge in [-0.3, -0.25) is 9.69 Å². The second-order valence-corrected chi connectivity index (χ2v) is 7.67. The first-order chi connectivity index (χ1) is 14.7. The van der Waals surface area contributed by atoms with Crippen LogP contribution in [0.2, 0.25) is 0 Å². The molecule has 4 rings (SSSR count). The van der Waals surface area contributed by atoms with Crippen LogP contribution in [0, 0.1) is 0 Å². The molecule has 0 aliphatic rings. The van der Waals surface area contributed by atoms with E-state index in [2.05, 4.69) is 0 Å². The molecule has 0 saturated heterocycles. The third-order valence-corrected chi connectivity index (χ3v) is 5.70. The molecule has 3 aromatic carbocycles. The van der Waals surface area contributed by atoms with Crippen LogP contribution < -0.4 is 14.4 Å². The Morgan fingerprint density at radius 3 is 2.43 bits per heavy atom. The van der Waals surface area contributed by atoms with Crippen molar-refractivity contribution in [1.82, 2.24) is 4.98 Å². The van der Waals surface area contributed by atoms with E-state index in [9.17, 15) is 4.79 Å². The first kappa shape index (κ1) is 19.9. The maximum atomic E-state index is 13.4. The number of nitrogens with zero attached hydrogens (tertiary/aromatic N) is 2. The van der Waals surface area contributed by atoms with Crippen molar-refractivity contribution in [2.45, 2.75) is 13.5 Å². The Morgan fingerprint density at radius 2 is 1.73 bits per heavy atom. The zero-order valence-electron chi connectivity index (χ0n) is 16.9. The minimum Gasteiger partial charge on any atom is -0.497 e. The van der Waals surface area contributed by atoms with Crippen LogP contribution in [0.5, 0.6) is 11.5 Å². The Balaban J connectivity index is 1.72. The second kappa shape index (κ2) is 8.97. The molecule has 0 aliphatic carbocycles. The van der Waals surface area contributed by atoms with Gasteiger partial charge < -0.3 is 9.47 Å². The van der Waals surface area contributed by atoms with Gasteiger partial charge in [0.05, 0.1) is 30.5 Å². The maximum Gasteiger partial charge on any atom is 0.260 e. The molecule has 1 heterocycles. The summed E-state index contributed by atoms with van der Waals surface area (Å²) in [4.78, 5) is 19.9. The molecule has 0 unspecified atom stereocenters. The highest BCUT2D eigenvalue weighted by atomic mass is 32.1. The molecule has 1 amide bonds. The van der Waals surface area contributed by atoms with Crippen molar-refractivity contribution in [2.24, 2.45) is 0 Å². The molecule has 0 N–H and O–H groups in total. The van der Waals surface area contributed by atoms with Crippen LogP contribution >= 0.6 is 11.3 Å². The summed E-state index contributed by atoms with van der Waals surface area (Å²) >= 11 is 1.48. The van der Waals surface area contributed by atoms with Crippen molar-refractivity contribution in [3.05, 3.63) is 83.9 Å². The van der Waals surface area contributed by atoms with E-state index in [0.717, 1.165) is 21.5 Å². The van der Waals surface area contributed by atoms with Crippen LogP contribution in [0.1, 0.15) is 22.8 Å². The summed E-state index contributed by atoms with van der Waals surface area (Å²) in [7, 11) is 1.61. The molecule has 5 nitrogen and oxygen atoms in total. The molecule has 0 aliphatic heterocycles. The number of benzene rings is 3. The Labute approximate surface area is 179 Å². The number of carbonyl (C=O) groups excluding carboxylic acids is 1. The van der Waals surface area contributed by atoms with E-state index in [1.807, 2.05) is 55.5 Å². The lowest BCUT2D eigenvalue weighted by molar-refractivity contribution is 0.0985. The molecule has 0 bridgehead atoms. The van der Waals surface area contributed by atoms with Crippen LogP contribution in [0.15, 0.2) is 72.8 Å². The van der Waals surface area contributed by atoms with E-state index in [1.54, 1.807) is 36.3 Å². The monoisotopic (exact) mass is 418 g/mol. The fraction of sp³-hybridized carbons (Fsp3) is 0.167. The lowest BCUT2D eigenvalue weighted by Crippen LogP contribution is -2.30. The normalized spacial score (nSPS) is 10.7. The van der Waals surface area contributed by atoms with E-state index >= 15 is 0 Å². The number of hydrogen-bond acceptors (Lipinski definition) is 5. The standard InChI is InChI=1S/C24H22N2O3S/c1-3-29-20-13-14-21-22(15-20)30-24(25-21)26(16-17-7-5-4-6-8-17)23(27)18-9-11-19(28-2)12-10-18/h4-15H,3,16H2,1-2H3. The first-order valence-electron chi connectivity index (χ1n) is 9.71. The van der Waals surface area contributed by atoms with Gasteiger partial charge in [-0.05, 0) is 55.0 Å². The minimum absolute atomic E-state index is 0.106. The number of hydrogen-bond donors (Lipinski definition) is 0. The molecule has 0 spiro atoms. The molecule has 152 valence electrons. The van der Waals surface area contributed by atoms with Gasteiger partial charge in [0, 0.05) is 5.56 Å². The average molecular weight is 419 g/mol. The Bertz CT molecular complexity index is 1140. The smallest absolute Gasteiger partial charge is 0.260 e. The van der Waals surface area contributed by atoms with Gasteiger partial charge in [0.15, 0.2) is 5.13 Å². The van der Waals surface area contributed by atoms with Crippen molar-refractivity contribution < 1.29 is 14.3 Å². The van der Waals surface area contributed by atoms with Crippen molar-refractivity contribution >= 4 is 32.6 Å². The molecule has 0 fully saturated rings. The summed E-state index contributed by atoms with van der Waals surface area (Å²) in [5.74, 6) is 1.41. The van der Waals surface area contributed by atoms with Gasteiger partial charge in [-0.1, -0.05) is 41.7 Å². The fourth-order valence-electron chi connectivity index (χ4n) is 3.15. The highest BCUT2D eigenvalue weighted by molar-refractivity contribution is 7.22. The molecule has 0 atom stereocenters. The lowest BCUT2D eigenvalue weighted by Gasteiger charge is -2.20. The molecular formula is C24H22N2O3S. The zero-order valence-corrected chi connectivity index (χ0v) is 17.7. The number of anilines is 1. The quantitative estimate of drug-likeness (QED) is 0.395. The van der Waals surface area contributed by atoms with E-state index < -0.39 is 0 Å². The van der Waals surface area contributed by atoms with Gasteiger partial charge in [-0.15, -0.1) is 0 Å². The van der Waals surface area contributed by atoms with Crippen molar-refractivity contribution in [3.8, 4) is 11.5 Å². The number of amides is 1. The summed E-state index contributed by atoms with van der Waals surface area (Å²) in [5.41, 5.74) is 2.47. The predicted molar refractivity (Wildman–Crippen MR) is 121 cm³/mol. The number of rotatable bonds is 7. The summed E-state index contributed by atoms with van der Waals surface area (Å²) in [6.07, 6.45) is 0. The van der Waals surface area contributed by atoms with Crippen LogP contribution in [0.3, 0.4) is 0 Å². The number of thiazole rings is 1. The first-order valence-corrected chi connectivity index (χ1v) is 10.5. The molecule has 0 radical (unpaired) electrons. The average Bonchev–Trinajstić information content (AvgIpc) is 3.21. The molecular weight excluding hydrogens is 396 g/mol. The number of carbonyl (C=O) groups is 1. The van der Waals surface area contributed by atoms with Gasteiger partial charge in [0.1, 0.15) is 11.5 Å². The highest BCUT2D eigenvalue weighted by Gasteiger charge is 2.22. The van der Waals surface area contributed by atoms with Crippen LogP contribution in [0.25, 0.3) is 10.2 Å². The van der Waals surface area contributed by atoms with Crippen LogP contribution in [-0.2, 0) is 6.54 Å². The summed E-state index contributed by atoms with van der Waals surface area (Å²) in [6.45, 7) is 2.99. The van der Waals surface area contributed by atoms with E-state index in [1.165, 1.54) is 11.3 Å². The Morgan fingerprint density at radius 1 is 1.00 bits per heavy atom. The van der Waals surface area contributed by atoms with E-state index in [4.69, 9.17) is 14.5 Å². The zero-order chi connectivity index (χ0) is 20.9. The predicted octanol–water partition coefficient (Wildman–Crippen LogP) is 5.55. The Kier molecular flexibility index (Phi) is 5.95. The lowest BCUT2D eigenvalue weighted by atomic mass is 10.1. The molecule has 6 heteroatoms. The topological polar surface area (TPSA) is 51.7 Å². The maximum absolute atomic E-state index is 13.4. The molecule has 1 aromatic heterocycles. The highest BCUT2D eigenvalue weighted by Crippen LogP contribution is 2.33. The molecule has 30 heavy (non-hydrogen) atoms. The number of aromatic nitrogens is 1. The van der Waals surface area contributed by atoms with E-state index in [0.29, 0.717) is 29.6 Å². The van der Waals surface area contributed by atoms with Gasteiger partial charge >= 0.3 is 0 Å². The summed E-state index contributed by atoms with van der Waals surface area (Å²) in [6, 6.07) is 22.9. The van der Waals surface area contributed by atoms with E-state index in [-0.39, 0.29) is 5.91 Å². The summed E-state index contributed by atoms with van der Waals surface area (Å²) in [5, 5.41) is 0.656. The number of fused-ring (bicyclic) bond motifs is 1. The molecule has 4 aromatic rings. The second-order valence-electron chi connectivity index (χ2n) is 6.66. The van der Waals surface area contributed by atoms with Gasteiger partial charge in [-0.2, -0.15) is 0 Å². The van der Waals surface area contributed by atoms with Crippen LogP contribution in [-0.4, -0.2) is 24.6 Å². The van der Waals surface area contributed by atoms with Gasteiger partial charge in [0.2, 0.25) is 0 Å². The number of ether oxygens (including phenoxy) is 2. The fourth-order valence-corrected chi connectivity index (χ4v) is 4.14. The third-order valence-electron chi connectivity index (χ3n) is 4.66. The Hall–Kier alpha value is -3.38. The minimum atomic E-state index is -0.106. The molecule has 0 saturated carbocycles. The number of methoxy groups -OCH3 is 1. The summed E-state index contributed by atoms with van der Waals surface area (Å²) < 4.78 is 11.8. The van der Waals surface area contributed by atoms with Crippen molar-refractivity contribution in [1.29, 1.82) is 0 Å². The SMILES string of the molecule is CCOc1ccc2nc(N(Cc3ccccc3)C(=O)c3ccc(OC)cc3)sc2c1. The largest absolute Gasteiger partial charge is 0.497 e. The van der Waals surface area contributed by atoms with Crippen molar-refractivity contribution in [3.63, 3.8) is 0 Å². The third kappa shape index (κ3) is 4.28. The van der Waals surface area contributed by atoms with Crippen LogP contribution in [0.4, 0.5) is 5.13 Å². The van der Waals surface area contributed by atoms with Gasteiger partial charge in [0.25, 0.3) is 5.91 Å².